The minimum atomic E-state index is 0.285. The van der Waals surface area contributed by atoms with Crippen LogP contribution in [0, 0.1) is 17.2 Å². The molecule has 1 unspecified atom stereocenters. The summed E-state index contributed by atoms with van der Waals surface area (Å²) < 4.78 is 0. The predicted molar refractivity (Wildman–Crippen MR) is 40.5 cm³/mol. The van der Waals surface area contributed by atoms with E-state index in [-0.39, 0.29) is 5.92 Å². The van der Waals surface area contributed by atoms with Gasteiger partial charge in [0, 0.05) is 6.54 Å². The van der Waals surface area contributed by atoms with Crippen molar-refractivity contribution in [3.63, 3.8) is 0 Å². The first-order valence-electron chi connectivity index (χ1n) is 3.91. The summed E-state index contributed by atoms with van der Waals surface area (Å²) in [6.45, 7) is 2.13. The van der Waals surface area contributed by atoms with Crippen LogP contribution in [0.5, 0.6) is 0 Å². The Morgan fingerprint density at radius 3 is 3.00 bits per heavy atom. The van der Waals surface area contributed by atoms with E-state index in [1.165, 1.54) is 12.8 Å². The van der Waals surface area contributed by atoms with Gasteiger partial charge in [0.1, 0.15) is 0 Å². The van der Waals surface area contributed by atoms with Crippen molar-refractivity contribution in [3.8, 4) is 6.07 Å². The summed E-state index contributed by atoms with van der Waals surface area (Å²) in [5, 5.41) is 8.66. The first-order valence-corrected chi connectivity index (χ1v) is 3.91. The minimum Gasteiger partial charge on any atom is -0.305 e. The zero-order valence-corrected chi connectivity index (χ0v) is 6.51. The largest absolute Gasteiger partial charge is 0.305 e. The van der Waals surface area contributed by atoms with E-state index in [9.17, 15) is 0 Å². The first-order chi connectivity index (χ1) is 4.83. The Labute approximate surface area is 62.4 Å². The summed E-state index contributed by atoms with van der Waals surface area (Å²) in [7, 11) is 2.09. The van der Waals surface area contributed by atoms with Gasteiger partial charge in [0.05, 0.1) is 12.0 Å². The van der Waals surface area contributed by atoms with E-state index in [2.05, 4.69) is 18.0 Å². The van der Waals surface area contributed by atoms with E-state index in [0.717, 1.165) is 19.5 Å². The molecule has 0 aliphatic carbocycles. The standard InChI is InChI=1S/C8H14N2/c1-10-5-3-2-4-8(6-9)7-10/h8H,2-5,7H2,1H3. The maximum absolute atomic E-state index is 8.66. The van der Waals surface area contributed by atoms with Crippen molar-refractivity contribution in [2.45, 2.75) is 19.3 Å². The van der Waals surface area contributed by atoms with E-state index >= 15 is 0 Å². The summed E-state index contributed by atoms with van der Waals surface area (Å²) in [5.74, 6) is 0.285. The van der Waals surface area contributed by atoms with Gasteiger partial charge in [0.25, 0.3) is 0 Å². The summed E-state index contributed by atoms with van der Waals surface area (Å²) in [4.78, 5) is 2.25. The van der Waals surface area contributed by atoms with Crippen molar-refractivity contribution in [1.82, 2.24) is 4.90 Å². The SMILES string of the molecule is CN1CCCCC(C#N)C1. The Morgan fingerprint density at radius 2 is 2.30 bits per heavy atom. The smallest absolute Gasteiger partial charge is 0.0669 e. The molecule has 10 heavy (non-hydrogen) atoms. The fourth-order valence-corrected chi connectivity index (χ4v) is 1.44. The average Bonchev–Trinajstić information content (AvgIpc) is 2.13. The second-order valence-corrected chi connectivity index (χ2v) is 3.08. The third-order valence-electron chi connectivity index (χ3n) is 2.06. The fraction of sp³-hybridized carbons (Fsp3) is 0.875. The van der Waals surface area contributed by atoms with Crippen molar-refractivity contribution < 1.29 is 0 Å². The topological polar surface area (TPSA) is 27.0 Å². The zero-order chi connectivity index (χ0) is 7.40. The molecule has 1 aliphatic heterocycles. The van der Waals surface area contributed by atoms with Gasteiger partial charge in [0.15, 0.2) is 0 Å². The van der Waals surface area contributed by atoms with Crippen LogP contribution in [0.4, 0.5) is 0 Å². The molecule has 0 N–H and O–H groups in total. The molecule has 0 aromatic heterocycles. The predicted octanol–water partition coefficient (Wildman–Crippen LogP) is 1.24. The Kier molecular flexibility index (Phi) is 2.70. The molecule has 1 rings (SSSR count). The average molecular weight is 138 g/mol. The van der Waals surface area contributed by atoms with Crippen LogP contribution in [0.3, 0.4) is 0 Å². The molecule has 0 bridgehead atoms. The number of nitriles is 1. The van der Waals surface area contributed by atoms with Crippen molar-refractivity contribution in [1.29, 1.82) is 5.26 Å². The minimum absolute atomic E-state index is 0.285. The Balaban J connectivity index is 2.39. The number of hydrogen-bond donors (Lipinski definition) is 0. The summed E-state index contributed by atoms with van der Waals surface area (Å²) in [6, 6.07) is 2.33. The lowest BCUT2D eigenvalue weighted by atomic mass is 10.1. The summed E-state index contributed by atoms with van der Waals surface area (Å²) >= 11 is 0. The molecule has 0 radical (unpaired) electrons. The summed E-state index contributed by atoms with van der Waals surface area (Å²) in [5.41, 5.74) is 0. The van der Waals surface area contributed by atoms with Crippen molar-refractivity contribution in [2.24, 2.45) is 5.92 Å². The Bertz CT molecular complexity index is 137. The molecule has 1 saturated heterocycles. The van der Waals surface area contributed by atoms with Gasteiger partial charge in [-0.15, -0.1) is 0 Å². The van der Waals surface area contributed by atoms with Crippen LogP contribution in [0.25, 0.3) is 0 Å². The maximum Gasteiger partial charge on any atom is 0.0669 e. The van der Waals surface area contributed by atoms with Gasteiger partial charge < -0.3 is 4.90 Å². The van der Waals surface area contributed by atoms with Crippen molar-refractivity contribution in [3.05, 3.63) is 0 Å². The Morgan fingerprint density at radius 1 is 1.50 bits per heavy atom. The van der Waals surface area contributed by atoms with Crippen molar-refractivity contribution >= 4 is 0 Å². The van der Waals surface area contributed by atoms with E-state index in [1.807, 2.05) is 0 Å². The van der Waals surface area contributed by atoms with Gasteiger partial charge in [0.2, 0.25) is 0 Å². The molecule has 2 heteroatoms. The van der Waals surface area contributed by atoms with Gasteiger partial charge in [-0.25, -0.2) is 0 Å². The van der Waals surface area contributed by atoms with E-state index in [4.69, 9.17) is 5.26 Å². The van der Waals surface area contributed by atoms with E-state index in [0.29, 0.717) is 0 Å². The van der Waals surface area contributed by atoms with E-state index < -0.39 is 0 Å². The Hall–Kier alpha value is -0.550. The zero-order valence-electron chi connectivity index (χ0n) is 6.51. The molecule has 0 aromatic rings. The first kappa shape index (κ1) is 7.56. The second-order valence-electron chi connectivity index (χ2n) is 3.08. The highest BCUT2D eigenvalue weighted by molar-refractivity contribution is 4.86. The van der Waals surface area contributed by atoms with Gasteiger partial charge in [-0.2, -0.15) is 5.26 Å². The highest BCUT2D eigenvalue weighted by Gasteiger charge is 2.13. The van der Waals surface area contributed by atoms with Gasteiger partial charge >= 0.3 is 0 Å². The fourth-order valence-electron chi connectivity index (χ4n) is 1.44. The molecule has 0 spiro atoms. The highest BCUT2D eigenvalue weighted by atomic mass is 15.1. The van der Waals surface area contributed by atoms with Crippen LogP contribution in [0.1, 0.15) is 19.3 Å². The number of rotatable bonds is 0. The molecular formula is C8H14N2. The monoisotopic (exact) mass is 138 g/mol. The van der Waals surface area contributed by atoms with Gasteiger partial charge in [-0.3, -0.25) is 0 Å². The normalized spacial score (nSPS) is 29.0. The lowest BCUT2D eigenvalue weighted by Gasteiger charge is -2.13. The van der Waals surface area contributed by atoms with Crippen LogP contribution in [0.15, 0.2) is 0 Å². The number of hydrogen-bond acceptors (Lipinski definition) is 2. The van der Waals surface area contributed by atoms with E-state index in [1.54, 1.807) is 0 Å². The number of likely N-dealkylation sites (tertiary alicyclic amines) is 1. The third kappa shape index (κ3) is 2.00. The summed E-state index contributed by atoms with van der Waals surface area (Å²) in [6.07, 6.45) is 3.58. The lowest BCUT2D eigenvalue weighted by Crippen LogP contribution is -2.23. The molecule has 0 saturated carbocycles. The molecule has 0 amide bonds. The van der Waals surface area contributed by atoms with Gasteiger partial charge in [-0.05, 0) is 26.4 Å². The van der Waals surface area contributed by atoms with Crippen LogP contribution in [-0.2, 0) is 0 Å². The van der Waals surface area contributed by atoms with Crippen LogP contribution >= 0.6 is 0 Å². The molecular weight excluding hydrogens is 124 g/mol. The third-order valence-corrected chi connectivity index (χ3v) is 2.06. The van der Waals surface area contributed by atoms with Crippen LogP contribution in [-0.4, -0.2) is 25.0 Å². The highest BCUT2D eigenvalue weighted by Crippen LogP contribution is 2.13. The molecule has 1 atom stereocenters. The molecule has 1 fully saturated rings. The maximum atomic E-state index is 8.66. The molecule has 1 heterocycles. The van der Waals surface area contributed by atoms with Crippen LogP contribution < -0.4 is 0 Å². The molecule has 2 nitrogen and oxygen atoms in total. The molecule has 1 aliphatic rings. The quantitative estimate of drug-likeness (QED) is 0.503. The second kappa shape index (κ2) is 3.58. The number of nitrogens with zero attached hydrogens (tertiary/aromatic N) is 2. The van der Waals surface area contributed by atoms with Crippen molar-refractivity contribution in [2.75, 3.05) is 20.1 Å². The van der Waals surface area contributed by atoms with Crippen LogP contribution in [0.2, 0.25) is 0 Å². The van der Waals surface area contributed by atoms with Gasteiger partial charge in [-0.1, -0.05) is 6.42 Å². The molecule has 56 valence electrons. The lowest BCUT2D eigenvalue weighted by molar-refractivity contribution is 0.326. The molecule has 0 aromatic carbocycles.